The van der Waals surface area contributed by atoms with Gasteiger partial charge in [-0.2, -0.15) is 0 Å². The Hall–Kier alpha value is -2.33. The number of piperidine rings is 3. The van der Waals surface area contributed by atoms with Gasteiger partial charge in [-0.25, -0.2) is 0 Å². The standard InChI is InChI=1S/C21H24N2O2/c1-25-20-10-6-5-9-18(20)23(21(24)17-7-3-2-4-8-17)19-15-22-13-11-16(19)12-14-22/h2-10,16,19H,11-15H2,1H3/p+1. The number of hydrogen-bond acceptors (Lipinski definition) is 2. The zero-order valence-corrected chi connectivity index (χ0v) is 14.7. The smallest absolute Gasteiger partial charge is 0.258 e. The number of ether oxygens (including phenoxy) is 1. The van der Waals surface area contributed by atoms with Gasteiger partial charge in [0, 0.05) is 18.4 Å². The quantitative estimate of drug-likeness (QED) is 0.926. The van der Waals surface area contributed by atoms with Gasteiger partial charge >= 0.3 is 0 Å². The van der Waals surface area contributed by atoms with E-state index in [0.29, 0.717) is 5.92 Å². The number of hydrogen-bond donors (Lipinski definition) is 1. The number of rotatable bonds is 4. The van der Waals surface area contributed by atoms with Crippen LogP contribution < -0.4 is 14.5 Å². The summed E-state index contributed by atoms with van der Waals surface area (Å²) >= 11 is 0. The molecule has 1 atom stereocenters. The van der Waals surface area contributed by atoms with Gasteiger partial charge in [-0.05, 0) is 30.2 Å². The number of fused-ring (bicyclic) bond motifs is 3. The van der Waals surface area contributed by atoms with Crippen molar-refractivity contribution in [1.29, 1.82) is 0 Å². The predicted molar refractivity (Wildman–Crippen MR) is 98.3 cm³/mol. The first-order chi connectivity index (χ1) is 12.3. The molecule has 0 radical (unpaired) electrons. The SMILES string of the molecule is COc1ccccc1N(C(=O)c1ccccc1)C1C[NH+]2CCC1CC2. The predicted octanol–water partition coefficient (Wildman–Crippen LogP) is 2.02. The normalized spacial score (nSPS) is 24.8. The highest BCUT2D eigenvalue weighted by Crippen LogP contribution is 2.34. The van der Waals surface area contributed by atoms with Crippen LogP contribution in [0, 0.1) is 5.92 Å². The number of methoxy groups -OCH3 is 1. The van der Waals surface area contributed by atoms with Crippen molar-refractivity contribution >= 4 is 11.6 Å². The van der Waals surface area contributed by atoms with Gasteiger partial charge in [0.2, 0.25) is 0 Å². The number of nitrogens with zero attached hydrogens (tertiary/aromatic N) is 1. The zero-order valence-electron chi connectivity index (χ0n) is 14.7. The lowest BCUT2D eigenvalue weighted by molar-refractivity contribution is -0.917. The fourth-order valence-electron chi connectivity index (χ4n) is 4.39. The fraction of sp³-hybridized carbons (Fsp3) is 0.381. The Balaban J connectivity index is 1.77. The molecule has 0 saturated carbocycles. The van der Waals surface area contributed by atoms with Crippen LogP contribution in [-0.4, -0.2) is 38.7 Å². The number of quaternary nitrogens is 1. The molecule has 4 heteroatoms. The van der Waals surface area contributed by atoms with E-state index in [1.807, 2.05) is 59.5 Å². The third-order valence-electron chi connectivity index (χ3n) is 5.70. The van der Waals surface area contributed by atoms with Gasteiger partial charge < -0.3 is 9.64 Å². The second kappa shape index (κ2) is 6.89. The van der Waals surface area contributed by atoms with E-state index < -0.39 is 0 Å². The maximum absolute atomic E-state index is 13.5. The van der Waals surface area contributed by atoms with Gasteiger partial charge in [-0.1, -0.05) is 30.3 Å². The number of carbonyl (C=O) groups excluding carboxylic acids is 1. The average Bonchev–Trinajstić information content (AvgIpc) is 2.70. The van der Waals surface area contributed by atoms with Crippen LogP contribution >= 0.6 is 0 Å². The summed E-state index contributed by atoms with van der Waals surface area (Å²) in [7, 11) is 1.67. The number of amides is 1. The molecule has 25 heavy (non-hydrogen) atoms. The molecule has 1 amide bonds. The first-order valence-electron chi connectivity index (χ1n) is 9.13. The number of nitrogens with one attached hydrogen (secondary N) is 1. The minimum Gasteiger partial charge on any atom is -0.495 e. The van der Waals surface area contributed by atoms with Crippen LogP contribution in [0.25, 0.3) is 0 Å². The van der Waals surface area contributed by atoms with E-state index in [1.54, 1.807) is 12.0 Å². The number of benzene rings is 2. The van der Waals surface area contributed by atoms with E-state index in [0.717, 1.165) is 23.5 Å². The van der Waals surface area contributed by atoms with E-state index in [-0.39, 0.29) is 11.9 Å². The monoisotopic (exact) mass is 337 g/mol. The molecule has 3 heterocycles. The lowest BCUT2D eigenvalue weighted by Gasteiger charge is -2.46. The van der Waals surface area contributed by atoms with Crippen LogP contribution in [0.3, 0.4) is 0 Å². The summed E-state index contributed by atoms with van der Waals surface area (Å²) in [5, 5.41) is 0. The van der Waals surface area contributed by atoms with Crippen LogP contribution in [0.15, 0.2) is 54.6 Å². The Bertz CT molecular complexity index is 739. The molecule has 3 fully saturated rings. The molecular weight excluding hydrogens is 312 g/mol. The summed E-state index contributed by atoms with van der Waals surface area (Å²) in [5.74, 6) is 1.41. The Morgan fingerprint density at radius 2 is 1.72 bits per heavy atom. The molecule has 130 valence electrons. The first-order valence-corrected chi connectivity index (χ1v) is 9.13. The second-order valence-corrected chi connectivity index (χ2v) is 7.07. The van der Waals surface area contributed by atoms with Crippen molar-refractivity contribution in [2.45, 2.75) is 18.9 Å². The lowest BCUT2D eigenvalue weighted by Crippen LogP contribution is -3.17. The largest absolute Gasteiger partial charge is 0.495 e. The molecule has 4 nitrogen and oxygen atoms in total. The van der Waals surface area contributed by atoms with Crippen molar-refractivity contribution < 1.29 is 14.4 Å². The maximum atomic E-state index is 13.5. The Morgan fingerprint density at radius 1 is 1.04 bits per heavy atom. The molecule has 1 unspecified atom stereocenters. The molecule has 3 saturated heterocycles. The molecule has 3 aliphatic heterocycles. The minimum absolute atomic E-state index is 0.0725. The Morgan fingerprint density at radius 3 is 2.36 bits per heavy atom. The third kappa shape index (κ3) is 3.02. The summed E-state index contributed by atoms with van der Waals surface area (Å²) in [6.07, 6.45) is 2.40. The van der Waals surface area contributed by atoms with Gasteiger partial charge in [-0.3, -0.25) is 9.69 Å². The highest BCUT2D eigenvalue weighted by molar-refractivity contribution is 6.07. The Kier molecular flexibility index (Phi) is 4.45. The molecule has 2 aromatic carbocycles. The van der Waals surface area contributed by atoms with E-state index in [4.69, 9.17) is 4.74 Å². The van der Waals surface area contributed by atoms with Gasteiger partial charge in [0.05, 0.1) is 38.5 Å². The van der Waals surface area contributed by atoms with Crippen molar-refractivity contribution in [3.05, 3.63) is 60.2 Å². The molecule has 0 spiro atoms. The molecule has 3 aliphatic rings. The van der Waals surface area contributed by atoms with E-state index in [1.165, 1.54) is 25.9 Å². The first kappa shape index (κ1) is 16.2. The fourth-order valence-corrected chi connectivity index (χ4v) is 4.39. The number of anilines is 1. The summed E-state index contributed by atoms with van der Waals surface area (Å²) < 4.78 is 5.58. The van der Waals surface area contributed by atoms with E-state index >= 15 is 0 Å². The molecule has 0 aromatic heterocycles. The molecular formula is C21H25N2O2+. The third-order valence-corrected chi connectivity index (χ3v) is 5.70. The van der Waals surface area contributed by atoms with Crippen molar-refractivity contribution in [3.63, 3.8) is 0 Å². The molecule has 0 aliphatic carbocycles. The highest BCUT2D eigenvalue weighted by Gasteiger charge is 2.43. The lowest BCUT2D eigenvalue weighted by atomic mass is 9.82. The number of carbonyl (C=O) groups is 1. The maximum Gasteiger partial charge on any atom is 0.258 e. The average molecular weight is 337 g/mol. The summed E-state index contributed by atoms with van der Waals surface area (Å²) in [5.41, 5.74) is 1.62. The van der Waals surface area contributed by atoms with Crippen LogP contribution in [0.2, 0.25) is 0 Å². The van der Waals surface area contributed by atoms with Crippen molar-refractivity contribution in [2.24, 2.45) is 5.92 Å². The summed E-state index contributed by atoms with van der Waals surface area (Å²) in [4.78, 5) is 17.1. The van der Waals surface area contributed by atoms with Crippen molar-refractivity contribution in [2.75, 3.05) is 31.6 Å². The van der Waals surface area contributed by atoms with Gasteiger partial charge in [-0.15, -0.1) is 0 Å². The van der Waals surface area contributed by atoms with E-state index in [9.17, 15) is 4.79 Å². The molecule has 2 aromatic rings. The summed E-state index contributed by atoms with van der Waals surface area (Å²) in [6.45, 7) is 3.50. The van der Waals surface area contributed by atoms with Crippen molar-refractivity contribution in [3.8, 4) is 5.75 Å². The van der Waals surface area contributed by atoms with Crippen LogP contribution in [-0.2, 0) is 0 Å². The molecule has 2 bridgehead atoms. The highest BCUT2D eigenvalue weighted by atomic mass is 16.5. The van der Waals surface area contributed by atoms with Gasteiger partial charge in [0.1, 0.15) is 5.75 Å². The van der Waals surface area contributed by atoms with Gasteiger partial charge in [0.25, 0.3) is 5.91 Å². The zero-order chi connectivity index (χ0) is 17.2. The topological polar surface area (TPSA) is 34.0 Å². The number of para-hydroxylation sites is 2. The molecule has 1 N–H and O–H groups in total. The Labute approximate surface area is 149 Å². The van der Waals surface area contributed by atoms with E-state index in [2.05, 4.69) is 0 Å². The molecule has 5 rings (SSSR count). The second-order valence-electron chi connectivity index (χ2n) is 7.07. The van der Waals surface area contributed by atoms with Crippen LogP contribution in [0.5, 0.6) is 5.75 Å². The summed E-state index contributed by atoms with van der Waals surface area (Å²) in [6, 6.07) is 17.7. The minimum atomic E-state index is 0.0725. The van der Waals surface area contributed by atoms with Crippen LogP contribution in [0.1, 0.15) is 23.2 Å². The van der Waals surface area contributed by atoms with Crippen molar-refractivity contribution in [1.82, 2.24) is 0 Å². The van der Waals surface area contributed by atoms with Gasteiger partial charge in [0.15, 0.2) is 0 Å². The van der Waals surface area contributed by atoms with Crippen LogP contribution in [0.4, 0.5) is 5.69 Å².